The molecule has 0 spiro atoms. The lowest BCUT2D eigenvalue weighted by Crippen LogP contribution is -2.20. The first-order valence-corrected chi connectivity index (χ1v) is 7.30. The van der Waals surface area contributed by atoms with Gasteiger partial charge in [0.1, 0.15) is 16.8 Å². The number of esters is 1. The van der Waals surface area contributed by atoms with E-state index in [0.717, 1.165) is 37.1 Å². The summed E-state index contributed by atoms with van der Waals surface area (Å²) in [5, 5.41) is 3.91. The van der Waals surface area contributed by atoms with Crippen LogP contribution < -0.4 is 5.32 Å². The van der Waals surface area contributed by atoms with Gasteiger partial charge in [0.15, 0.2) is 0 Å². The van der Waals surface area contributed by atoms with Crippen molar-refractivity contribution < 1.29 is 9.53 Å². The molecule has 1 aliphatic carbocycles. The summed E-state index contributed by atoms with van der Waals surface area (Å²) >= 11 is 6.16. The van der Waals surface area contributed by atoms with Gasteiger partial charge in [-0.3, -0.25) is 4.79 Å². The molecule has 2 rings (SSSR count). The largest absolute Gasteiger partial charge is 0.469 e. The van der Waals surface area contributed by atoms with Crippen molar-refractivity contribution in [2.24, 2.45) is 5.92 Å². The first kappa shape index (κ1) is 15.0. The summed E-state index contributed by atoms with van der Waals surface area (Å²) in [7, 11) is 1.44. The minimum Gasteiger partial charge on any atom is -0.469 e. The monoisotopic (exact) mass is 297 g/mol. The van der Waals surface area contributed by atoms with Crippen LogP contribution in [0.3, 0.4) is 0 Å². The summed E-state index contributed by atoms with van der Waals surface area (Å²) in [5.41, 5.74) is 0.929. The fourth-order valence-electron chi connectivity index (χ4n) is 2.68. The molecule has 0 unspecified atom stereocenters. The van der Waals surface area contributed by atoms with Crippen LogP contribution in [0.4, 0.5) is 5.82 Å². The van der Waals surface area contributed by atoms with E-state index in [1.54, 1.807) is 0 Å². The van der Waals surface area contributed by atoms with Crippen LogP contribution in [0.25, 0.3) is 0 Å². The molecule has 0 saturated heterocycles. The minimum absolute atomic E-state index is 0.0130. The second-order valence-electron chi connectivity index (χ2n) is 5.12. The number of nitrogens with one attached hydrogen (secondary N) is 1. The summed E-state index contributed by atoms with van der Waals surface area (Å²) < 4.78 is 4.80. The van der Waals surface area contributed by atoms with Gasteiger partial charge in [0.05, 0.1) is 13.0 Å². The molecular weight excluding hydrogens is 278 g/mol. The molecule has 0 radical (unpaired) electrons. The summed E-state index contributed by atoms with van der Waals surface area (Å²) in [4.78, 5) is 20.2. The van der Waals surface area contributed by atoms with Gasteiger partial charge in [0, 0.05) is 11.6 Å². The summed E-state index contributed by atoms with van der Waals surface area (Å²) in [6, 6.07) is 0.231. The lowest BCUT2D eigenvalue weighted by molar-refractivity contribution is -0.145. The molecule has 1 saturated carbocycles. The Balaban J connectivity index is 2.10. The topological polar surface area (TPSA) is 64.1 Å². The lowest BCUT2D eigenvalue weighted by atomic mass is 10.1. The number of hydrogen-bond acceptors (Lipinski definition) is 5. The molecule has 0 amide bonds. The van der Waals surface area contributed by atoms with Gasteiger partial charge in [-0.1, -0.05) is 18.5 Å². The Morgan fingerprint density at radius 1 is 1.45 bits per heavy atom. The van der Waals surface area contributed by atoms with Crippen LogP contribution in [0, 0.1) is 12.8 Å². The van der Waals surface area contributed by atoms with E-state index < -0.39 is 0 Å². The van der Waals surface area contributed by atoms with Crippen molar-refractivity contribution >= 4 is 23.4 Å². The quantitative estimate of drug-likeness (QED) is 0.684. The zero-order valence-electron chi connectivity index (χ0n) is 12.1. The number of aryl methyl sites for hydroxylation is 1. The van der Waals surface area contributed by atoms with Crippen molar-refractivity contribution in [3.8, 4) is 0 Å². The van der Waals surface area contributed by atoms with Crippen LogP contribution in [-0.4, -0.2) is 29.1 Å². The average Bonchev–Trinajstić information content (AvgIpc) is 2.86. The number of anilines is 1. The number of carbonyl (C=O) groups is 1. The molecule has 0 bridgehead atoms. The van der Waals surface area contributed by atoms with Crippen LogP contribution in [0.2, 0.25) is 5.15 Å². The molecule has 1 aromatic heterocycles. The van der Waals surface area contributed by atoms with Gasteiger partial charge in [0.25, 0.3) is 0 Å². The molecule has 20 heavy (non-hydrogen) atoms. The molecule has 0 aromatic carbocycles. The average molecular weight is 298 g/mol. The van der Waals surface area contributed by atoms with Gasteiger partial charge in [-0.15, -0.1) is 0 Å². The predicted octanol–water partition coefficient (Wildman–Crippen LogP) is 2.75. The van der Waals surface area contributed by atoms with Gasteiger partial charge in [-0.25, -0.2) is 9.97 Å². The Morgan fingerprint density at radius 3 is 2.85 bits per heavy atom. The molecule has 1 aromatic rings. The Kier molecular flexibility index (Phi) is 4.81. The van der Waals surface area contributed by atoms with Gasteiger partial charge in [-0.2, -0.15) is 0 Å². The van der Waals surface area contributed by atoms with Crippen molar-refractivity contribution in [1.82, 2.24) is 9.97 Å². The second-order valence-corrected chi connectivity index (χ2v) is 5.47. The maximum absolute atomic E-state index is 11.5. The first-order valence-electron chi connectivity index (χ1n) is 6.92. The Labute approximate surface area is 124 Å². The van der Waals surface area contributed by atoms with E-state index >= 15 is 0 Å². The Bertz CT molecular complexity index is 507. The fraction of sp³-hybridized carbons (Fsp3) is 0.643. The third-order valence-corrected chi connectivity index (χ3v) is 4.04. The maximum atomic E-state index is 11.5. The van der Waals surface area contributed by atoms with Crippen LogP contribution in [0.15, 0.2) is 0 Å². The third kappa shape index (κ3) is 3.20. The molecule has 5 nitrogen and oxygen atoms in total. The molecule has 1 N–H and O–H groups in total. The molecule has 1 heterocycles. The number of aromatic nitrogens is 2. The number of hydrogen-bond donors (Lipinski definition) is 1. The molecule has 0 aliphatic heterocycles. The molecular formula is C14H20ClN3O2. The number of methoxy groups -OCH3 is 1. The van der Waals surface area contributed by atoms with Gasteiger partial charge < -0.3 is 10.1 Å². The smallest absolute Gasteiger partial charge is 0.308 e. The maximum Gasteiger partial charge on any atom is 0.308 e. The van der Waals surface area contributed by atoms with Crippen LogP contribution >= 0.6 is 11.6 Å². The molecule has 1 aliphatic rings. The highest BCUT2D eigenvalue weighted by Gasteiger charge is 2.31. The highest BCUT2D eigenvalue weighted by atomic mass is 35.5. The number of halogens is 1. The van der Waals surface area contributed by atoms with E-state index in [-0.39, 0.29) is 17.9 Å². The summed E-state index contributed by atoms with van der Waals surface area (Å²) in [5.74, 6) is 1.31. The predicted molar refractivity (Wildman–Crippen MR) is 77.9 cm³/mol. The van der Waals surface area contributed by atoms with Crippen LogP contribution in [0.5, 0.6) is 0 Å². The molecule has 2 atom stereocenters. The van der Waals surface area contributed by atoms with E-state index in [4.69, 9.17) is 16.3 Å². The zero-order valence-corrected chi connectivity index (χ0v) is 12.8. The number of ether oxygens (including phenoxy) is 1. The molecule has 110 valence electrons. The fourth-order valence-corrected chi connectivity index (χ4v) is 3.03. The molecule has 1 fully saturated rings. The van der Waals surface area contributed by atoms with Crippen LogP contribution in [0.1, 0.15) is 37.6 Å². The highest BCUT2D eigenvalue weighted by molar-refractivity contribution is 6.30. The van der Waals surface area contributed by atoms with E-state index in [1.807, 2.05) is 13.8 Å². The minimum atomic E-state index is -0.123. The third-order valence-electron chi connectivity index (χ3n) is 3.73. The summed E-state index contributed by atoms with van der Waals surface area (Å²) in [6.07, 6.45) is 3.33. The normalized spacial score (nSPS) is 21.8. The second kappa shape index (κ2) is 6.39. The Morgan fingerprint density at radius 2 is 2.20 bits per heavy atom. The van der Waals surface area contributed by atoms with Crippen molar-refractivity contribution in [1.29, 1.82) is 0 Å². The highest BCUT2D eigenvalue weighted by Crippen LogP contribution is 2.30. The number of rotatable bonds is 4. The summed E-state index contributed by atoms with van der Waals surface area (Å²) in [6.45, 7) is 3.85. The number of nitrogens with zero attached hydrogens (tertiary/aromatic N) is 2. The van der Waals surface area contributed by atoms with Crippen molar-refractivity contribution in [3.63, 3.8) is 0 Å². The number of carbonyl (C=O) groups excluding carboxylic acids is 1. The molecule has 6 heteroatoms. The SMILES string of the molecule is CCc1c(Cl)nc(C)nc1N[C@@H]1CC[C@H](C(=O)OC)C1. The van der Waals surface area contributed by atoms with Gasteiger partial charge >= 0.3 is 5.97 Å². The van der Waals surface area contributed by atoms with E-state index in [0.29, 0.717) is 11.0 Å². The van der Waals surface area contributed by atoms with Crippen LogP contribution in [-0.2, 0) is 16.0 Å². The van der Waals surface area contributed by atoms with Crippen molar-refractivity contribution in [2.75, 3.05) is 12.4 Å². The standard InChI is InChI=1S/C14H20ClN3O2/c1-4-11-12(15)16-8(2)17-13(11)18-10-6-5-9(7-10)14(19)20-3/h9-10H,4-7H2,1-3H3,(H,16,17,18)/t9-,10+/m0/s1. The van der Waals surface area contributed by atoms with E-state index in [1.165, 1.54) is 7.11 Å². The van der Waals surface area contributed by atoms with Crippen molar-refractivity contribution in [3.05, 3.63) is 16.5 Å². The van der Waals surface area contributed by atoms with E-state index in [9.17, 15) is 4.79 Å². The van der Waals surface area contributed by atoms with Crippen molar-refractivity contribution in [2.45, 2.75) is 45.6 Å². The first-order chi connectivity index (χ1) is 9.55. The lowest BCUT2D eigenvalue weighted by Gasteiger charge is -2.17. The van der Waals surface area contributed by atoms with Gasteiger partial charge in [-0.05, 0) is 32.6 Å². The Hall–Kier alpha value is -1.36. The zero-order chi connectivity index (χ0) is 14.7. The van der Waals surface area contributed by atoms with E-state index in [2.05, 4.69) is 15.3 Å². The van der Waals surface area contributed by atoms with Gasteiger partial charge in [0.2, 0.25) is 0 Å².